The van der Waals surface area contributed by atoms with E-state index in [0.717, 1.165) is 0 Å². The lowest BCUT2D eigenvalue weighted by Gasteiger charge is -2.22. The molecular weight excluding hydrogens is 280 g/mol. The maximum Gasteiger partial charge on any atom is 0.244 e. The number of carbonyl (C=O) groups excluding carboxylic acids is 1. The number of nitrogens with one attached hydrogen (secondary N) is 1. The lowest BCUT2D eigenvalue weighted by Crippen LogP contribution is -2.47. The average Bonchev–Trinajstić information content (AvgIpc) is 2.95. The number of nitrogens with zero attached hydrogens (tertiary/aromatic N) is 4. The van der Waals surface area contributed by atoms with E-state index >= 15 is 0 Å². The van der Waals surface area contributed by atoms with Gasteiger partial charge in [0.15, 0.2) is 0 Å². The highest BCUT2D eigenvalue weighted by molar-refractivity contribution is 6.33. The number of rotatable bonds is 4. The van der Waals surface area contributed by atoms with E-state index in [9.17, 15) is 4.79 Å². The highest BCUT2D eigenvalue weighted by Gasteiger charge is 2.26. The normalized spacial score (nSPS) is 13.8. The third-order valence-electron chi connectivity index (χ3n) is 3.06. The molecule has 0 spiro atoms. The Kier molecular flexibility index (Phi) is 4.01. The summed E-state index contributed by atoms with van der Waals surface area (Å²) in [6.07, 6.45) is 1.97. The van der Waals surface area contributed by atoms with Crippen molar-refractivity contribution in [1.29, 1.82) is 0 Å². The third-order valence-corrected chi connectivity index (χ3v) is 3.39. The van der Waals surface area contributed by atoms with Crippen LogP contribution in [0.4, 0.5) is 5.69 Å². The molecule has 3 N–H and O–H groups in total. The van der Waals surface area contributed by atoms with Crippen LogP contribution in [0.2, 0.25) is 5.02 Å². The molecule has 0 aliphatic heterocycles. The van der Waals surface area contributed by atoms with Crippen molar-refractivity contribution in [2.75, 3.05) is 5.32 Å². The fourth-order valence-electron chi connectivity index (χ4n) is 1.46. The Morgan fingerprint density at radius 2 is 2.30 bits per heavy atom. The second-order valence-electron chi connectivity index (χ2n) is 4.64. The second-order valence-corrected chi connectivity index (χ2v) is 5.05. The van der Waals surface area contributed by atoms with Crippen LogP contribution in [0.5, 0.6) is 0 Å². The molecule has 8 heteroatoms. The van der Waals surface area contributed by atoms with Gasteiger partial charge in [0.2, 0.25) is 5.91 Å². The smallest absolute Gasteiger partial charge is 0.244 e. The van der Waals surface area contributed by atoms with E-state index in [2.05, 4.69) is 20.8 Å². The van der Waals surface area contributed by atoms with Crippen molar-refractivity contribution in [3.8, 4) is 5.69 Å². The maximum atomic E-state index is 12.1. The zero-order valence-corrected chi connectivity index (χ0v) is 11.9. The molecule has 1 aromatic carbocycles. The summed E-state index contributed by atoms with van der Waals surface area (Å²) in [5, 5.41) is 14.0. The highest BCUT2D eigenvalue weighted by Crippen LogP contribution is 2.25. The van der Waals surface area contributed by atoms with Crippen molar-refractivity contribution in [2.45, 2.75) is 25.8 Å². The van der Waals surface area contributed by atoms with Crippen LogP contribution in [-0.2, 0) is 4.79 Å². The zero-order chi connectivity index (χ0) is 14.8. The molecule has 1 atom stereocenters. The van der Waals surface area contributed by atoms with Crippen molar-refractivity contribution >= 4 is 23.2 Å². The predicted molar refractivity (Wildman–Crippen MR) is 75.7 cm³/mol. The van der Waals surface area contributed by atoms with Crippen LogP contribution in [0.15, 0.2) is 24.5 Å². The van der Waals surface area contributed by atoms with E-state index in [0.29, 0.717) is 22.8 Å². The van der Waals surface area contributed by atoms with Crippen LogP contribution in [0.25, 0.3) is 5.69 Å². The number of aromatic nitrogens is 4. The van der Waals surface area contributed by atoms with Crippen LogP contribution in [0.3, 0.4) is 0 Å². The van der Waals surface area contributed by atoms with E-state index in [1.807, 2.05) is 6.92 Å². The van der Waals surface area contributed by atoms with Gasteiger partial charge in [0.1, 0.15) is 6.33 Å². The first kappa shape index (κ1) is 14.4. The summed E-state index contributed by atoms with van der Waals surface area (Å²) >= 11 is 6.08. The number of benzene rings is 1. The fraction of sp³-hybridized carbons (Fsp3) is 0.333. The van der Waals surface area contributed by atoms with Crippen molar-refractivity contribution in [3.05, 3.63) is 29.5 Å². The Hall–Kier alpha value is -1.99. The minimum Gasteiger partial charge on any atom is -0.323 e. The molecule has 20 heavy (non-hydrogen) atoms. The number of amides is 1. The third kappa shape index (κ3) is 2.94. The molecule has 106 valence electrons. The summed E-state index contributed by atoms with van der Waals surface area (Å²) in [6.45, 7) is 3.51. The van der Waals surface area contributed by atoms with Crippen molar-refractivity contribution in [1.82, 2.24) is 20.2 Å². The largest absolute Gasteiger partial charge is 0.323 e. The maximum absolute atomic E-state index is 12.1. The summed E-state index contributed by atoms with van der Waals surface area (Å²) in [5.41, 5.74) is 6.10. The molecule has 0 aliphatic rings. The van der Waals surface area contributed by atoms with Gasteiger partial charge in [0.25, 0.3) is 0 Å². The van der Waals surface area contributed by atoms with Crippen LogP contribution < -0.4 is 11.1 Å². The molecule has 2 aromatic rings. The summed E-state index contributed by atoms with van der Waals surface area (Å²) < 4.78 is 1.47. The fourth-order valence-corrected chi connectivity index (χ4v) is 1.62. The molecule has 1 unspecified atom stereocenters. The molecule has 0 saturated heterocycles. The Bertz CT molecular complexity index is 610. The molecule has 1 amide bonds. The number of carbonyl (C=O) groups is 1. The molecule has 1 aromatic heterocycles. The van der Waals surface area contributed by atoms with Gasteiger partial charge in [-0.3, -0.25) is 4.79 Å². The van der Waals surface area contributed by atoms with Crippen LogP contribution >= 0.6 is 11.6 Å². The zero-order valence-electron chi connectivity index (χ0n) is 11.2. The van der Waals surface area contributed by atoms with Crippen molar-refractivity contribution < 1.29 is 4.79 Å². The van der Waals surface area contributed by atoms with Crippen LogP contribution in [0, 0.1) is 0 Å². The lowest BCUT2D eigenvalue weighted by atomic mass is 9.99. The number of halogens is 1. The monoisotopic (exact) mass is 294 g/mol. The molecule has 0 aliphatic carbocycles. The van der Waals surface area contributed by atoms with Gasteiger partial charge < -0.3 is 11.1 Å². The van der Waals surface area contributed by atoms with Crippen molar-refractivity contribution in [2.24, 2.45) is 5.73 Å². The van der Waals surface area contributed by atoms with E-state index in [1.165, 1.54) is 11.0 Å². The predicted octanol–water partition coefficient (Wildman–Crippen LogP) is 1.38. The Balaban J connectivity index is 2.28. The van der Waals surface area contributed by atoms with Gasteiger partial charge >= 0.3 is 0 Å². The van der Waals surface area contributed by atoms with Gasteiger partial charge in [-0.15, -0.1) is 5.10 Å². The summed E-state index contributed by atoms with van der Waals surface area (Å²) in [7, 11) is 0. The molecule has 0 bridgehead atoms. The minimum atomic E-state index is -0.950. The Morgan fingerprint density at radius 1 is 1.55 bits per heavy atom. The summed E-state index contributed by atoms with van der Waals surface area (Å²) in [6, 6.07) is 5.09. The van der Waals surface area contributed by atoms with Gasteiger partial charge in [-0.25, -0.2) is 4.68 Å². The van der Waals surface area contributed by atoms with Gasteiger partial charge in [-0.1, -0.05) is 18.5 Å². The van der Waals surface area contributed by atoms with Crippen LogP contribution in [0.1, 0.15) is 20.3 Å². The summed E-state index contributed by atoms with van der Waals surface area (Å²) in [4.78, 5) is 12.1. The minimum absolute atomic E-state index is 0.296. The van der Waals surface area contributed by atoms with E-state index in [4.69, 9.17) is 17.3 Å². The highest BCUT2D eigenvalue weighted by atomic mass is 35.5. The topological polar surface area (TPSA) is 98.7 Å². The number of hydrogen-bond acceptors (Lipinski definition) is 5. The first-order chi connectivity index (χ1) is 9.44. The molecular formula is C12H15ClN6O. The number of anilines is 1. The average molecular weight is 295 g/mol. The first-order valence-electron chi connectivity index (χ1n) is 6.07. The lowest BCUT2D eigenvalue weighted by molar-refractivity contribution is -0.120. The first-order valence-corrected chi connectivity index (χ1v) is 6.45. The standard InChI is InChI=1S/C12H15ClN6O/c1-3-12(2,14)11(20)16-10-6-8(4-5-9(10)13)19-7-15-17-18-19/h4-7H,3,14H2,1-2H3,(H,16,20). The summed E-state index contributed by atoms with van der Waals surface area (Å²) in [5.74, 6) is -0.296. The molecule has 2 rings (SSSR count). The Labute approximate surface area is 121 Å². The van der Waals surface area contributed by atoms with Gasteiger partial charge in [-0.2, -0.15) is 0 Å². The number of tetrazole rings is 1. The molecule has 1 heterocycles. The second kappa shape index (κ2) is 5.56. The van der Waals surface area contributed by atoms with Gasteiger partial charge in [0.05, 0.1) is 21.9 Å². The van der Waals surface area contributed by atoms with Gasteiger partial charge in [-0.05, 0) is 42.0 Å². The quantitative estimate of drug-likeness (QED) is 0.887. The molecule has 0 saturated carbocycles. The van der Waals surface area contributed by atoms with Crippen LogP contribution in [-0.4, -0.2) is 31.7 Å². The number of hydrogen-bond donors (Lipinski definition) is 2. The SMILES string of the molecule is CCC(C)(N)C(=O)Nc1cc(-n2cnnn2)ccc1Cl. The van der Waals surface area contributed by atoms with Gasteiger partial charge in [0, 0.05) is 0 Å². The van der Waals surface area contributed by atoms with E-state index in [-0.39, 0.29) is 5.91 Å². The van der Waals surface area contributed by atoms with Crippen molar-refractivity contribution in [3.63, 3.8) is 0 Å². The molecule has 0 radical (unpaired) electrons. The molecule has 7 nitrogen and oxygen atoms in total. The number of nitrogens with two attached hydrogens (primary N) is 1. The molecule has 0 fully saturated rings. The van der Waals surface area contributed by atoms with E-state index < -0.39 is 5.54 Å². The van der Waals surface area contributed by atoms with E-state index in [1.54, 1.807) is 25.1 Å². The Morgan fingerprint density at radius 3 is 2.90 bits per heavy atom.